The SMILES string of the molecule is CS(=O)(=O)[C@H]1C[C@H](C(=O)N(c2ccc(S(F)(F)(F)(F)F)cc2)C(C(=O)NC2CCC(F)(F)CC2)c2cnccc2C(F)(F)F)N(C#N)C1. The van der Waals surface area contributed by atoms with Gasteiger partial charge < -0.3 is 5.32 Å². The molecule has 0 bridgehead atoms. The predicted octanol–water partition coefficient (Wildman–Crippen LogP) is 6.49. The average Bonchev–Trinajstić information content (AvgIpc) is 3.41. The van der Waals surface area contributed by atoms with Gasteiger partial charge >= 0.3 is 16.4 Å². The molecule has 1 N–H and O–H groups in total. The number of anilines is 1. The number of likely N-dealkylation sites (tertiary alicyclic amines) is 1. The van der Waals surface area contributed by atoms with Crippen molar-refractivity contribution in [2.75, 3.05) is 17.7 Å². The Morgan fingerprint density at radius 3 is 2.17 bits per heavy atom. The van der Waals surface area contributed by atoms with Crippen molar-refractivity contribution in [3.05, 3.63) is 53.9 Å². The zero-order valence-corrected chi connectivity index (χ0v) is 26.2. The van der Waals surface area contributed by atoms with Crippen LogP contribution in [0.3, 0.4) is 0 Å². The maximum atomic E-state index is 14.3. The van der Waals surface area contributed by atoms with Crippen LogP contribution in [0.15, 0.2) is 47.6 Å². The average molecular weight is 740 g/mol. The highest BCUT2D eigenvalue weighted by molar-refractivity contribution is 8.45. The van der Waals surface area contributed by atoms with Crippen LogP contribution in [0.5, 0.6) is 0 Å². The van der Waals surface area contributed by atoms with Crippen LogP contribution in [-0.4, -0.2) is 66.2 Å². The van der Waals surface area contributed by atoms with E-state index in [4.69, 9.17) is 0 Å². The van der Waals surface area contributed by atoms with E-state index in [1.165, 1.54) is 0 Å². The van der Waals surface area contributed by atoms with Crippen molar-refractivity contribution in [2.24, 2.45) is 0 Å². The minimum absolute atomic E-state index is 0.153. The molecule has 2 aromatic rings. The molecule has 48 heavy (non-hydrogen) atoms. The molecular weight excluding hydrogens is 712 g/mol. The van der Waals surface area contributed by atoms with Gasteiger partial charge in [-0.15, -0.1) is 0 Å². The normalized spacial score (nSPS) is 22.6. The number of carbonyl (C=O) groups is 2. The fraction of sp³-hybridized carbons (Fsp3) is 0.481. The Morgan fingerprint density at radius 2 is 1.67 bits per heavy atom. The van der Waals surface area contributed by atoms with Crippen molar-refractivity contribution < 1.29 is 59.4 Å². The molecule has 1 aliphatic heterocycles. The molecule has 1 aromatic carbocycles. The third-order valence-corrected chi connectivity index (χ3v) is 10.8. The number of rotatable bonds is 8. The van der Waals surface area contributed by atoms with Crippen LogP contribution in [-0.2, 0) is 25.6 Å². The van der Waals surface area contributed by atoms with Crippen molar-refractivity contribution in [3.63, 3.8) is 0 Å². The molecule has 2 fully saturated rings. The van der Waals surface area contributed by atoms with Gasteiger partial charge in [-0.3, -0.25) is 24.4 Å². The van der Waals surface area contributed by atoms with Gasteiger partial charge in [-0.1, -0.05) is 19.4 Å². The highest BCUT2D eigenvalue weighted by Crippen LogP contribution is 3.02. The number of nitriles is 1. The number of hydrogen-bond donors (Lipinski definition) is 1. The second kappa shape index (κ2) is 11.7. The monoisotopic (exact) mass is 739 g/mol. The standard InChI is InChI=1S/C27H27F10N5O4S2/c1-47(45,46)18-12-22(41(14-18)15-38)25(44)42(17-2-4-19(5-3-17)48(33,34,35,36)37)23(20-13-39-11-8-21(20)27(30,31)32)24(43)40-16-6-9-26(28,29)10-7-16/h2-5,8,11,13,16,18,22-23H,6-7,9-10,12,14H2,1H3,(H,40,43)/t18-,22+,23?/m0/s1. The van der Waals surface area contributed by atoms with E-state index in [1.807, 2.05) is 0 Å². The molecule has 3 atom stereocenters. The number of benzene rings is 1. The van der Waals surface area contributed by atoms with E-state index in [0.29, 0.717) is 35.5 Å². The van der Waals surface area contributed by atoms with Crippen LogP contribution >= 0.6 is 10.2 Å². The van der Waals surface area contributed by atoms with E-state index in [1.54, 1.807) is 6.19 Å². The molecule has 2 heterocycles. The van der Waals surface area contributed by atoms with Gasteiger partial charge in [0, 0.05) is 55.3 Å². The van der Waals surface area contributed by atoms with Gasteiger partial charge in [0.15, 0.2) is 16.0 Å². The third-order valence-electron chi connectivity index (χ3n) is 8.10. The van der Waals surface area contributed by atoms with Gasteiger partial charge in [-0.2, -0.15) is 18.4 Å². The van der Waals surface area contributed by atoms with E-state index >= 15 is 0 Å². The molecule has 0 radical (unpaired) electrons. The molecule has 1 saturated carbocycles. The summed E-state index contributed by atoms with van der Waals surface area (Å²) in [6.45, 7) is -0.573. The number of nitrogens with one attached hydrogen (secondary N) is 1. The number of aromatic nitrogens is 1. The first-order chi connectivity index (χ1) is 21.7. The highest BCUT2D eigenvalue weighted by Gasteiger charge is 2.65. The van der Waals surface area contributed by atoms with Gasteiger partial charge in [0.05, 0.1) is 10.8 Å². The molecule has 1 aliphatic carbocycles. The first-order valence-electron chi connectivity index (χ1n) is 13.9. The number of amides is 2. The third kappa shape index (κ3) is 8.25. The van der Waals surface area contributed by atoms with E-state index in [0.717, 1.165) is 6.26 Å². The summed E-state index contributed by atoms with van der Waals surface area (Å²) >= 11 is 0. The van der Waals surface area contributed by atoms with E-state index in [-0.39, 0.29) is 29.9 Å². The first kappa shape index (κ1) is 37.0. The van der Waals surface area contributed by atoms with Gasteiger partial charge in [-0.25, -0.2) is 17.2 Å². The van der Waals surface area contributed by atoms with Gasteiger partial charge in [0.25, 0.3) is 5.91 Å². The summed E-state index contributed by atoms with van der Waals surface area (Å²) < 4.78 is 163. The van der Waals surface area contributed by atoms with Crippen LogP contribution in [0.1, 0.15) is 49.3 Å². The van der Waals surface area contributed by atoms with Crippen LogP contribution in [0.25, 0.3) is 0 Å². The van der Waals surface area contributed by atoms with Crippen LogP contribution in [0.2, 0.25) is 0 Å². The number of sulfone groups is 1. The molecule has 9 nitrogen and oxygen atoms in total. The molecule has 1 aromatic heterocycles. The summed E-state index contributed by atoms with van der Waals surface area (Å²) in [6.07, 6.45) is -4.44. The summed E-state index contributed by atoms with van der Waals surface area (Å²) in [5, 5.41) is 10.6. The lowest BCUT2D eigenvalue weighted by Crippen LogP contribution is -2.52. The topological polar surface area (TPSA) is 123 Å². The molecular formula is C27H27F10N5O4S2. The van der Waals surface area contributed by atoms with Crippen molar-refractivity contribution in [3.8, 4) is 6.19 Å². The number of carbonyl (C=O) groups excluding carboxylic acids is 2. The van der Waals surface area contributed by atoms with E-state index in [2.05, 4.69) is 10.3 Å². The molecule has 1 saturated heterocycles. The van der Waals surface area contributed by atoms with Crippen LogP contribution in [0, 0.1) is 11.5 Å². The van der Waals surface area contributed by atoms with Crippen LogP contribution < -0.4 is 10.2 Å². The largest absolute Gasteiger partial charge is 0.416 e. The van der Waals surface area contributed by atoms with Crippen molar-refractivity contribution in [1.82, 2.24) is 15.2 Å². The summed E-state index contributed by atoms with van der Waals surface area (Å²) in [5.74, 6) is -5.98. The summed E-state index contributed by atoms with van der Waals surface area (Å²) in [7, 11) is -14.3. The van der Waals surface area contributed by atoms with Crippen molar-refractivity contribution in [2.45, 2.75) is 72.5 Å². The number of nitrogens with zero attached hydrogens (tertiary/aromatic N) is 4. The minimum atomic E-state index is -10.3. The fourth-order valence-corrected chi connectivity index (χ4v) is 7.24. The lowest BCUT2D eigenvalue weighted by Gasteiger charge is -2.41. The number of halogens is 10. The van der Waals surface area contributed by atoms with Gasteiger partial charge in [0.2, 0.25) is 11.8 Å². The minimum Gasteiger partial charge on any atom is -0.351 e. The number of hydrogen-bond acceptors (Lipinski definition) is 7. The Labute approximate surface area is 267 Å². The zero-order chi connectivity index (χ0) is 36.2. The first-order valence-corrected chi connectivity index (χ1v) is 17.8. The summed E-state index contributed by atoms with van der Waals surface area (Å²) in [4.78, 5) is 30.2. The quantitative estimate of drug-likeness (QED) is 0.243. The Hall–Kier alpha value is -3.80. The van der Waals surface area contributed by atoms with Gasteiger partial charge in [-0.05, 0) is 49.6 Å². The maximum Gasteiger partial charge on any atom is 0.416 e. The molecule has 21 heteroatoms. The Kier molecular flexibility index (Phi) is 9.00. The van der Waals surface area contributed by atoms with E-state index < -0.39 is 115 Å². The van der Waals surface area contributed by atoms with Crippen LogP contribution in [0.4, 0.5) is 47.1 Å². The maximum absolute atomic E-state index is 14.3. The Balaban J connectivity index is 1.93. The fourth-order valence-electron chi connectivity index (χ4n) is 5.63. The molecule has 2 amide bonds. The number of pyridine rings is 1. The zero-order valence-electron chi connectivity index (χ0n) is 24.6. The molecule has 2 aliphatic rings. The number of alkyl halides is 5. The Bertz CT molecular complexity index is 1720. The molecule has 266 valence electrons. The van der Waals surface area contributed by atoms with Crippen molar-refractivity contribution in [1.29, 1.82) is 5.26 Å². The lowest BCUT2D eigenvalue weighted by molar-refractivity contribution is -0.139. The summed E-state index contributed by atoms with van der Waals surface area (Å²) in [5.41, 5.74) is -3.42. The molecule has 0 spiro atoms. The summed E-state index contributed by atoms with van der Waals surface area (Å²) in [6, 6.07) is -4.64. The lowest BCUT2D eigenvalue weighted by atomic mass is 9.91. The second-order valence-electron chi connectivity index (χ2n) is 11.6. The highest BCUT2D eigenvalue weighted by atomic mass is 32.5. The smallest absolute Gasteiger partial charge is 0.351 e. The molecule has 1 unspecified atom stereocenters. The predicted molar refractivity (Wildman–Crippen MR) is 152 cm³/mol. The second-order valence-corrected chi connectivity index (χ2v) is 16.4. The van der Waals surface area contributed by atoms with Gasteiger partial charge in [0.1, 0.15) is 17.0 Å². The Morgan fingerprint density at radius 1 is 1.08 bits per heavy atom. The van der Waals surface area contributed by atoms with E-state index in [9.17, 15) is 64.6 Å². The van der Waals surface area contributed by atoms with Crippen molar-refractivity contribution >= 4 is 37.6 Å². The molecule has 4 rings (SSSR count).